The molecule has 0 fully saturated rings. The van der Waals surface area contributed by atoms with E-state index in [2.05, 4.69) is 10.6 Å². The quantitative estimate of drug-likeness (QED) is 0.465. The monoisotopic (exact) mass is 450 g/mol. The second-order valence-corrected chi connectivity index (χ2v) is 7.79. The third-order valence-corrected chi connectivity index (χ3v) is 5.51. The van der Waals surface area contributed by atoms with Gasteiger partial charge in [-0.25, -0.2) is 4.79 Å². The Morgan fingerprint density at radius 2 is 1.59 bits per heavy atom. The molecule has 3 aromatic carbocycles. The van der Waals surface area contributed by atoms with Crippen molar-refractivity contribution >= 4 is 40.9 Å². The number of nitrogens with one attached hydrogen (secondary N) is 2. The zero-order chi connectivity index (χ0) is 22.5. The predicted octanol–water partition coefficient (Wildman–Crippen LogP) is 4.10. The number of aromatic carboxylic acids is 1. The van der Waals surface area contributed by atoms with E-state index in [0.29, 0.717) is 22.9 Å². The number of ether oxygens (including phenoxy) is 2. The summed E-state index contributed by atoms with van der Waals surface area (Å²) in [6.07, 6.45) is 0. The lowest BCUT2D eigenvalue weighted by molar-refractivity contribution is -0.113. The van der Waals surface area contributed by atoms with Crippen LogP contribution in [0.15, 0.2) is 71.6 Å². The predicted molar refractivity (Wildman–Crippen MR) is 120 cm³/mol. The van der Waals surface area contributed by atoms with Gasteiger partial charge >= 0.3 is 5.97 Å². The van der Waals surface area contributed by atoms with E-state index in [1.807, 2.05) is 6.07 Å². The Hall–Kier alpha value is -3.98. The van der Waals surface area contributed by atoms with Gasteiger partial charge < -0.3 is 25.2 Å². The third-order valence-electron chi connectivity index (χ3n) is 4.52. The van der Waals surface area contributed by atoms with Crippen molar-refractivity contribution in [2.75, 3.05) is 23.2 Å². The van der Waals surface area contributed by atoms with Gasteiger partial charge in [-0.1, -0.05) is 18.2 Å². The summed E-state index contributed by atoms with van der Waals surface area (Å²) >= 11 is 1.30. The molecule has 2 amide bonds. The number of hydrogen-bond donors (Lipinski definition) is 3. The van der Waals surface area contributed by atoms with Crippen LogP contribution in [0.25, 0.3) is 0 Å². The van der Waals surface area contributed by atoms with Gasteiger partial charge in [0.05, 0.1) is 16.9 Å². The number of carbonyl (C=O) groups excluding carboxylic acids is 2. The van der Waals surface area contributed by atoms with Crippen LogP contribution >= 0.6 is 11.8 Å². The number of fused-ring (bicyclic) bond motifs is 1. The number of carbonyl (C=O) groups is 3. The molecule has 0 aliphatic carbocycles. The molecular weight excluding hydrogens is 432 g/mol. The summed E-state index contributed by atoms with van der Waals surface area (Å²) in [6, 6.07) is 18.2. The zero-order valence-electron chi connectivity index (χ0n) is 16.7. The normalized spacial score (nSPS) is 11.6. The first-order valence-corrected chi connectivity index (χ1v) is 10.5. The molecule has 0 atom stereocenters. The maximum atomic E-state index is 12.5. The second kappa shape index (κ2) is 9.44. The lowest BCUT2D eigenvalue weighted by atomic mass is 10.1. The molecule has 0 spiro atoms. The molecule has 1 aliphatic rings. The molecule has 4 rings (SSSR count). The summed E-state index contributed by atoms with van der Waals surface area (Å²) in [7, 11) is 0. The van der Waals surface area contributed by atoms with E-state index in [9.17, 15) is 19.5 Å². The Bertz CT molecular complexity index is 1200. The summed E-state index contributed by atoms with van der Waals surface area (Å²) in [5.74, 6) is -0.503. The van der Waals surface area contributed by atoms with E-state index in [1.54, 1.807) is 48.5 Å². The van der Waals surface area contributed by atoms with Crippen molar-refractivity contribution in [1.29, 1.82) is 0 Å². The Balaban J connectivity index is 1.35. The van der Waals surface area contributed by atoms with Crippen LogP contribution in [0.4, 0.5) is 11.4 Å². The lowest BCUT2D eigenvalue weighted by Crippen LogP contribution is -2.16. The SMILES string of the molecule is O=C(CSc1cccc(NC(=O)c2ccccc2C(=O)O)c1)Nc1ccc2c(c1)OCO2. The van der Waals surface area contributed by atoms with Crippen LogP contribution in [-0.2, 0) is 4.79 Å². The lowest BCUT2D eigenvalue weighted by Gasteiger charge is -2.09. The molecule has 162 valence electrons. The fraction of sp³-hybridized carbons (Fsp3) is 0.0870. The Labute approximate surface area is 187 Å². The van der Waals surface area contributed by atoms with Crippen LogP contribution < -0.4 is 20.1 Å². The van der Waals surface area contributed by atoms with Gasteiger partial charge in [0.1, 0.15) is 0 Å². The highest BCUT2D eigenvalue weighted by molar-refractivity contribution is 8.00. The van der Waals surface area contributed by atoms with Gasteiger partial charge in [0.2, 0.25) is 12.7 Å². The molecule has 32 heavy (non-hydrogen) atoms. The number of rotatable bonds is 7. The third kappa shape index (κ3) is 5.01. The molecule has 0 bridgehead atoms. The molecule has 3 N–H and O–H groups in total. The average molecular weight is 450 g/mol. The summed E-state index contributed by atoms with van der Waals surface area (Å²) < 4.78 is 10.6. The Morgan fingerprint density at radius 3 is 2.41 bits per heavy atom. The number of carboxylic acid groups (broad SMARTS) is 1. The molecule has 0 saturated heterocycles. The van der Waals surface area contributed by atoms with Crippen molar-refractivity contribution < 1.29 is 29.0 Å². The highest BCUT2D eigenvalue weighted by Gasteiger charge is 2.16. The van der Waals surface area contributed by atoms with Crippen molar-refractivity contribution in [2.24, 2.45) is 0 Å². The van der Waals surface area contributed by atoms with Crippen molar-refractivity contribution in [2.45, 2.75) is 4.90 Å². The van der Waals surface area contributed by atoms with E-state index in [4.69, 9.17) is 9.47 Å². The molecule has 0 saturated carbocycles. The first-order valence-electron chi connectivity index (χ1n) is 9.55. The van der Waals surface area contributed by atoms with Crippen LogP contribution in [0.3, 0.4) is 0 Å². The fourth-order valence-electron chi connectivity index (χ4n) is 3.05. The van der Waals surface area contributed by atoms with Crippen molar-refractivity contribution in [3.63, 3.8) is 0 Å². The van der Waals surface area contributed by atoms with E-state index >= 15 is 0 Å². The van der Waals surface area contributed by atoms with Crippen LogP contribution in [-0.4, -0.2) is 35.4 Å². The van der Waals surface area contributed by atoms with E-state index in [0.717, 1.165) is 4.90 Å². The summed E-state index contributed by atoms with van der Waals surface area (Å²) in [5, 5.41) is 14.8. The van der Waals surface area contributed by atoms with Crippen LogP contribution in [0.1, 0.15) is 20.7 Å². The van der Waals surface area contributed by atoms with Gasteiger partial charge in [0.15, 0.2) is 11.5 Å². The number of anilines is 2. The van der Waals surface area contributed by atoms with Crippen molar-refractivity contribution in [3.05, 3.63) is 77.9 Å². The van der Waals surface area contributed by atoms with Gasteiger partial charge in [-0.2, -0.15) is 0 Å². The Morgan fingerprint density at radius 1 is 0.844 bits per heavy atom. The molecule has 8 nitrogen and oxygen atoms in total. The topological polar surface area (TPSA) is 114 Å². The van der Waals surface area contributed by atoms with Gasteiger partial charge in [-0.05, 0) is 42.5 Å². The number of hydrogen-bond acceptors (Lipinski definition) is 6. The first-order chi connectivity index (χ1) is 15.5. The molecule has 3 aromatic rings. The van der Waals surface area contributed by atoms with Crippen LogP contribution in [0, 0.1) is 0 Å². The minimum absolute atomic E-state index is 0.0705. The number of thioether (sulfide) groups is 1. The molecule has 0 unspecified atom stereocenters. The molecule has 0 radical (unpaired) electrons. The maximum Gasteiger partial charge on any atom is 0.336 e. The maximum absolute atomic E-state index is 12.5. The van der Waals surface area contributed by atoms with Gasteiger partial charge in [0, 0.05) is 22.3 Å². The Kier molecular flexibility index (Phi) is 6.27. The largest absolute Gasteiger partial charge is 0.478 e. The summed E-state index contributed by atoms with van der Waals surface area (Å²) in [4.78, 5) is 36.9. The molecule has 1 heterocycles. The summed E-state index contributed by atoms with van der Waals surface area (Å²) in [6.45, 7) is 0.164. The highest BCUT2D eigenvalue weighted by Crippen LogP contribution is 2.34. The average Bonchev–Trinajstić information content (AvgIpc) is 3.26. The summed E-state index contributed by atoms with van der Waals surface area (Å²) in [5.41, 5.74) is 1.10. The second-order valence-electron chi connectivity index (χ2n) is 6.74. The molecular formula is C23H18N2O6S. The zero-order valence-corrected chi connectivity index (χ0v) is 17.5. The smallest absolute Gasteiger partial charge is 0.336 e. The van der Waals surface area contributed by atoms with Crippen LogP contribution in [0.5, 0.6) is 11.5 Å². The standard InChI is InChI=1S/C23H18N2O6S/c26-21(24-15-8-9-19-20(11-15)31-13-30-19)12-32-16-5-3-4-14(10-16)25-22(27)17-6-1-2-7-18(17)23(28)29/h1-11H,12-13H2,(H,24,26)(H,25,27)(H,28,29). The van der Waals surface area contributed by atoms with Gasteiger partial charge in [0.25, 0.3) is 5.91 Å². The highest BCUT2D eigenvalue weighted by atomic mass is 32.2. The molecule has 0 aromatic heterocycles. The minimum Gasteiger partial charge on any atom is -0.478 e. The molecule has 1 aliphatic heterocycles. The fourth-order valence-corrected chi connectivity index (χ4v) is 3.80. The van der Waals surface area contributed by atoms with E-state index < -0.39 is 11.9 Å². The van der Waals surface area contributed by atoms with Crippen LogP contribution in [0.2, 0.25) is 0 Å². The first kappa shape index (κ1) is 21.3. The van der Waals surface area contributed by atoms with E-state index in [1.165, 1.54) is 23.9 Å². The van der Waals surface area contributed by atoms with Gasteiger partial charge in [-0.3, -0.25) is 9.59 Å². The number of amides is 2. The van der Waals surface area contributed by atoms with Crippen molar-refractivity contribution in [1.82, 2.24) is 0 Å². The number of benzene rings is 3. The van der Waals surface area contributed by atoms with Crippen molar-refractivity contribution in [3.8, 4) is 11.5 Å². The van der Waals surface area contributed by atoms with Gasteiger partial charge in [-0.15, -0.1) is 11.8 Å². The number of carboxylic acids is 1. The minimum atomic E-state index is -1.17. The van der Waals surface area contributed by atoms with E-state index in [-0.39, 0.29) is 29.6 Å². The molecule has 9 heteroatoms.